The summed E-state index contributed by atoms with van der Waals surface area (Å²) in [5.74, 6) is -0.553. The maximum Gasteiger partial charge on any atom is 0.266 e. The smallest absolute Gasteiger partial charge is 0.266 e. The minimum Gasteiger partial charge on any atom is -0.320 e. The summed E-state index contributed by atoms with van der Waals surface area (Å²) in [4.78, 5) is 12.6. The largest absolute Gasteiger partial charge is 0.320 e. The van der Waals surface area contributed by atoms with Gasteiger partial charge in [-0.3, -0.25) is 4.79 Å². The van der Waals surface area contributed by atoms with Gasteiger partial charge in [-0.25, -0.2) is 0 Å². The standard InChI is InChI=1S/C22H16BrCl2N3O/c1-13-10-15(14(2)28(13)20-9-4-3-6-17(20)23)11-16(12-26)22(29)27-19-8-5-7-18(24)21(19)25/h3-11H,1-2H3,(H,27,29)/b16-11-. The lowest BCUT2D eigenvalue weighted by Crippen LogP contribution is -2.13. The summed E-state index contributed by atoms with van der Waals surface area (Å²) in [6.07, 6.45) is 1.57. The van der Waals surface area contributed by atoms with Crippen LogP contribution in [0.3, 0.4) is 0 Å². The highest BCUT2D eigenvalue weighted by atomic mass is 79.9. The van der Waals surface area contributed by atoms with E-state index in [4.69, 9.17) is 23.2 Å². The summed E-state index contributed by atoms with van der Waals surface area (Å²) >= 11 is 15.7. The molecule has 1 amide bonds. The molecule has 7 heteroatoms. The van der Waals surface area contributed by atoms with E-state index in [9.17, 15) is 10.1 Å². The summed E-state index contributed by atoms with van der Waals surface area (Å²) < 4.78 is 3.02. The number of anilines is 1. The van der Waals surface area contributed by atoms with E-state index in [-0.39, 0.29) is 10.6 Å². The van der Waals surface area contributed by atoms with E-state index in [2.05, 4.69) is 25.8 Å². The molecule has 1 aromatic heterocycles. The zero-order valence-electron chi connectivity index (χ0n) is 15.6. The van der Waals surface area contributed by atoms with Gasteiger partial charge in [-0.2, -0.15) is 5.26 Å². The third-order valence-corrected chi connectivity index (χ3v) is 5.92. The monoisotopic (exact) mass is 487 g/mol. The van der Waals surface area contributed by atoms with Crippen molar-refractivity contribution in [1.29, 1.82) is 5.26 Å². The Morgan fingerprint density at radius 2 is 1.90 bits per heavy atom. The Morgan fingerprint density at radius 1 is 1.17 bits per heavy atom. The van der Waals surface area contributed by atoms with E-state index in [1.807, 2.05) is 50.2 Å². The number of amides is 1. The topological polar surface area (TPSA) is 57.8 Å². The first-order valence-corrected chi connectivity index (χ1v) is 10.2. The Balaban J connectivity index is 1.97. The van der Waals surface area contributed by atoms with Crippen molar-refractivity contribution in [3.8, 4) is 11.8 Å². The molecule has 146 valence electrons. The fourth-order valence-electron chi connectivity index (χ4n) is 3.03. The van der Waals surface area contributed by atoms with Gasteiger partial charge in [-0.05, 0) is 71.7 Å². The second kappa shape index (κ2) is 8.87. The maximum atomic E-state index is 12.6. The van der Waals surface area contributed by atoms with Gasteiger partial charge in [0.2, 0.25) is 0 Å². The number of nitriles is 1. The average molecular weight is 489 g/mol. The van der Waals surface area contributed by atoms with Crippen molar-refractivity contribution in [2.24, 2.45) is 0 Å². The first kappa shape index (κ1) is 21.2. The van der Waals surface area contributed by atoms with E-state index < -0.39 is 5.91 Å². The van der Waals surface area contributed by atoms with Gasteiger partial charge >= 0.3 is 0 Å². The molecule has 3 aromatic rings. The maximum absolute atomic E-state index is 12.6. The lowest BCUT2D eigenvalue weighted by molar-refractivity contribution is -0.112. The summed E-state index contributed by atoms with van der Waals surface area (Å²) in [6, 6.07) is 16.7. The number of benzene rings is 2. The molecule has 0 aliphatic heterocycles. The number of hydrogen-bond acceptors (Lipinski definition) is 2. The molecule has 0 radical (unpaired) electrons. The summed E-state index contributed by atoms with van der Waals surface area (Å²) in [7, 11) is 0. The fraction of sp³-hybridized carbons (Fsp3) is 0.0909. The van der Waals surface area contributed by atoms with Crippen LogP contribution in [0, 0.1) is 25.2 Å². The van der Waals surface area contributed by atoms with Crippen molar-refractivity contribution < 1.29 is 4.79 Å². The zero-order valence-corrected chi connectivity index (χ0v) is 18.7. The Labute approximate surface area is 187 Å². The van der Waals surface area contributed by atoms with Crippen LogP contribution in [0.25, 0.3) is 11.8 Å². The van der Waals surface area contributed by atoms with Crippen LogP contribution in [-0.2, 0) is 4.79 Å². The number of carbonyl (C=O) groups is 1. The number of rotatable bonds is 4. The Morgan fingerprint density at radius 3 is 2.59 bits per heavy atom. The van der Waals surface area contributed by atoms with Gasteiger partial charge in [0.05, 0.1) is 21.4 Å². The highest BCUT2D eigenvalue weighted by Gasteiger charge is 2.16. The number of para-hydroxylation sites is 1. The van der Waals surface area contributed by atoms with Crippen molar-refractivity contribution in [3.63, 3.8) is 0 Å². The van der Waals surface area contributed by atoms with Crippen LogP contribution in [0.2, 0.25) is 10.0 Å². The van der Waals surface area contributed by atoms with E-state index in [0.29, 0.717) is 10.7 Å². The molecule has 0 unspecified atom stereocenters. The molecular weight excluding hydrogens is 473 g/mol. The first-order valence-electron chi connectivity index (χ1n) is 8.64. The summed E-state index contributed by atoms with van der Waals surface area (Å²) in [6.45, 7) is 3.92. The highest BCUT2D eigenvalue weighted by molar-refractivity contribution is 9.10. The molecule has 4 nitrogen and oxygen atoms in total. The van der Waals surface area contributed by atoms with Crippen LogP contribution in [0.4, 0.5) is 5.69 Å². The number of nitrogens with one attached hydrogen (secondary N) is 1. The SMILES string of the molecule is Cc1cc(/C=C(/C#N)C(=O)Nc2cccc(Cl)c2Cl)c(C)n1-c1ccccc1Br. The van der Waals surface area contributed by atoms with Crippen LogP contribution in [-0.4, -0.2) is 10.5 Å². The van der Waals surface area contributed by atoms with Gasteiger partial charge in [0.25, 0.3) is 5.91 Å². The van der Waals surface area contributed by atoms with Gasteiger partial charge in [-0.15, -0.1) is 0 Å². The molecule has 1 N–H and O–H groups in total. The van der Waals surface area contributed by atoms with Gasteiger partial charge in [0.1, 0.15) is 11.6 Å². The van der Waals surface area contributed by atoms with Gasteiger partial charge in [0.15, 0.2) is 0 Å². The number of aromatic nitrogens is 1. The van der Waals surface area contributed by atoms with E-state index >= 15 is 0 Å². The predicted octanol–water partition coefficient (Wildman–Crippen LogP) is 6.71. The van der Waals surface area contributed by atoms with Crippen molar-refractivity contribution >= 4 is 56.8 Å². The van der Waals surface area contributed by atoms with Crippen molar-refractivity contribution in [2.75, 3.05) is 5.32 Å². The number of carbonyl (C=O) groups excluding carboxylic acids is 1. The molecular formula is C22H16BrCl2N3O. The lowest BCUT2D eigenvalue weighted by Gasteiger charge is -2.11. The molecule has 3 rings (SSSR count). The minimum absolute atomic E-state index is 0.0339. The molecule has 2 aromatic carbocycles. The molecule has 0 fully saturated rings. The Kier molecular flexibility index (Phi) is 6.49. The summed E-state index contributed by atoms with van der Waals surface area (Å²) in [5, 5.41) is 12.7. The molecule has 0 spiro atoms. The third-order valence-electron chi connectivity index (χ3n) is 4.43. The normalized spacial score (nSPS) is 11.2. The quantitative estimate of drug-likeness (QED) is 0.327. The fourth-order valence-corrected chi connectivity index (χ4v) is 3.84. The number of halogens is 3. The lowest BCUT2D eigenvalue weighted by atomic mass is 10.1. The van der Waals surface area contributed by atoms with Gasteiger partial charge in [-0.1, -0.05) is 41.4 Å². The van der Waals surface area contributed by atoms with Crippen molar-refractivity contribution in [3.05, 3.63) is 85.6 Å². The van der Waals surface area contributed by atoms with E-state index in [0.717, 1.165) is 27.1 Å². The van der Waals surface area contributed by atoms with E-state index in [1.54, 1.807) is 24.3 Å². The highest BCUT2D eigenvalue weighted by Crippen LogP contribution is 2.30. The average Bonchev–Trinajstić information content (AvgIpc) is 2.97. The van der Waals surface area contributed by atoms with Gasteiger partial charge < -0.3 is 9.88 Å². The van der Waals surface area contributed by atoms with Crippen LogP contribution >= 0.6 is 39.1 Å². The van der Waals surface area contributed by atoms with Crippen molar-refractivity contribution in [1.82, 2.24) is 4.57 Å². The Hall–Kier alpha value is -2.52. The number of nitrogens with zero attached hydrogens (tertiary/aromatic N) is 2. The van der Waals surface area contributed by atoms with Crippen LogP contribution in [0.5, 0.6) is 0 Å². The minimum atomic E-state index is -0.553. The predicted molar refractivity (Wildman–Crippen MR) is 122 cm³/mol. The molecule has 0 saturated heterocycles. The van der Waals surface area contributed by atoms with Crippen molar-refractivity contribution in [2.45, 2.75) is 13.8 Å². The third kappa shape index (κ3) is 4.40. The molecule has 0 atom stereocenters. The van der Waals surface area contributed by atoms with Gasteiger partial charge in [0, 0.05) is 15.9 Å². The second-order valence-corrected chi connectivity index (χ2v) is 7.98. The second-order valence-electron chi connectivity index (χ2n) is 6.34. The molecule has 0 bridgehead atoms. The Bertz CT molecular complexity index is 1180. The zero-order chi connectivity index (χ0) is 21.1. The molecule has 29 heavy (non-hydrogen) atoms. The molecule has 0 saturated carbocycles. The molecule has 0 aliphatic rings. The summed E-state index contributed by atoms with van der Waals surface area (Å²) in [5.41, 5.74) is 3.97. The molecule has 0 aliphatic carbocycles. The van der Waals surface area contributed by atoms with Crippen LogP contribution < -0.4 is 5.32 Å². The number of hydrogen-bond donors (Lipinski definition) is 1. The van der Waals surface area contributed by atoms with Crippen LogP contribution in [0.15, 0.2) is 58.6 Å². The first-order chi connectivity index (χ1) is 13.8. The molecule has 1 heterocycles. The van der Waals surface area contributed by atoms with E-state index in [1.165, 1.54) is 0 Å². The van der Waals surface area contributed by atoms with Crippen LogP contribution in [0.1, 0.15) is 17.0 Å². The number of aryl methyl sites for hydroxylation is 1.